The maximum absolute atomic E-state index is 15.0. The lowest BCUT2D eigenvalue weighted by atomic mass is 9.76. The van der Waals surface area contributed by atoms with Crippen LogP contribution in [0.2, 0.25) is 18.1 Å². The van der Waals surface area contributed by atoms with Gasteiger partial charge in [0.1, 0.15) is 11.6 Å². The van der Waals surface area contributed by atoms with Crippen molar-refractivity contribution in [1.82, 2.24) is 0 Å². The van der Waals surface area contributed by atoms with Crippen LogP contribution in [0.1, 0.15) is 89.0 Å². The summed E-state index contributed by atoms with van der Waals surface area (Å²) in [5.41, 5.74) is -0.0359. The van der Waals surface area contributed by atoms with E-state index in [1.54, 1.807) is 0 Å². The number of hydrogen-bond donors (Lipinski definition) is 0. The summed E-state index contributed by atoms with van der Waals surface area (Å²) in [4.78, 5) is 0. The van der Waals surface area contributed by atoms with Crippen LogP contribution in [0.5, 0.6) is 5.75 Å². The van der Waals surface area contributed by atoms with Crippen LogP contribution in [0.3, 0.4) is 0 Å². The Balaban J connectivity index is 1.28. The molecule has 0 spiro atoms. The number of unbranched alkanes of at least 4 members (excludes halogenated alkanes) is 2. The molecular formula is C31H39F6OSi. The van der Waals surface area contributed by atoms with Gasteiger partial charge in [0, 0.05) is 8.80 Å². The molecule has 0 amide bonds. The quantitative estimate of drug-likeness (QED) is 0.157. The van der Waals surface area contributed by atoms with Gasteiger partial charge in [0.05, 0.1) is 5.56 Å². The first-order valence-electron chi connectivity index (χ1n) is 14.5. The second-order valence-corrected chi connectivity index (χ2v) is 14.5. The number of rotatable bonds is 10. The summed E-state index contributed by atoms with van der Waals surface area (Å²) >= 11 is 0. The normalized spacial score (nSPS) is 21.3. The van der Waals surface area contributed by atoms with Crippen LogP contribution >= 0.6 is 0 Å². The zero-order valence-electron chi connectivity index (χ0n) is 22.7. The third-order valence-corrected chi connectivity index (χ3v) is 11.8. The molecule has 2 aliphatic rings. The zero-order chi connectivity index (χ0) is 28.0. The Morgan fingerprint density at radius 3 is 1.97 bits per heavy atom. The van der Waals surface area contributed by atoms with Crippen molar-refractivity contribution >= 4 is 8.80 Å². The van der Waals surface area contributed by atoms with Gasteiger partial charge in [0.15, 0.2) is 11.6 Å². The molecule has 2 aromatic rings. The van der Waals surface area contributed by atoms with E-state index in [1.807, 2.05) is 0 Å². The lowest BCUT2D eigenvalue weighted by Gasteiger charge is -2.32. The van der Waals surface area contributed by atoms with E-state index in [9.17, 15) is 17.6 Å². The Morgan fingerprint density at radius 1 is 0.795 bits per heavy atom. The number of ether oxygens (including phenoxy) is 1. The molecule has 0 unspecified atom stereocenters. The summed E-state index contributed by atoms with van der Waals surface area (Å²) in [5, 5.41) is 0. The van der Waals surface area contributed by atoms with Crippen molar-refractivity contribution < 1.29 is 31.1 Å². The van der Waals surface area contributed by atoms with Gasteiger partial charge in [-0.25, -0.2) is 13.2 Å². The summed E-state index contributed by atoms with van der Waals surface area (Å²) < 4.78 is 84.9. The molecule has 0 bridgehead atoms. The maximum atomic E-state index is 15.0. The minimum Gasteiger partial charge on any atom is -0.403 e. The highest BCUT2D eigenvalue weighted by atomic mass is 28.3. The van der Waals surface area contributed by atoms with E-state index >= 15 is 8.78 Å². The predicted octanol–water partition coefficient (Wildman–Crippen LogP) is 10.8. The summed E-state index contributed by atoms with van der Waals surface area (Å²) in [5.74, 6) is -2.46. The van der Waals surface area contributed by atoms with E-state index in [4.69, 9.17) is 0 Å². The average Bonchev–Trinajstić information content (AvgIpc) is 2.89. The Labute approximate surface area is 229 Å². The molecule has 1 nitrogen and oxygen atoms in total. The van der Waals surface area contributed by atoms with Gasteiger partial charge in [-0.05, 0) is 78.8 Å². The van der Waals surface area contributed by atoms with E-state index in [0.29, 0.717) is 17.5 Å². The summed E-state index contributed by atoms with van der Waals surface area (Å²) in [6, 6.07) is 9.47. The highest BCUT2D eigenvalue weighted by Gasteiger charge is 2.33. The molecular weight excluding hydrogens is 530 g/mol. The molecule has 4 rings (SSSR count). The molecule has 2 fully saturated rings. The van der Waals surface area contributed by atoms with Crippen molar-refractivity contribution in [3.05, 3.63) is 53.3 Å². The Kier molecular flexibility index (Phi) is 10.5. The first-order valence-corrected chi connectivity index (χ1v) is 16.6. The van der Waals surface area contributed by atoms with E-state index < -0.39 is 35.1 Å². The van der Waals surface area contributed by atoms with E-state index in [0.717, 1.165) is 43.7 Å². The van der Waals surface area contributed by atoms with Gasteiger partial charge >= 0.3 is 6.36 Å². The number of halogens is 6. The summed E-state index contributed by atoms with van der Waals surface area (Å²) in [7, 11) is -0.0975. The maximum Gasteiger partial charge on any atom is 0.573 e. The van der Waals surface area contributed by atoms with Crippen molar-refractivity contribution in [2.24, 2.45) is 11.8 Å². The SMILES string of the molecule is CCCCC[Si]1CCC(CCC2CCC(c3cc(F)c(-c4ccc(OC(F)(F)F)c(F)c4)c(F)c3)CC2)CC1. The number of benzene rings is 2. The van der Waals surface area contributed by atoms with Crippen LogP contribution in [-0.2, 0) is 0 Å². The molecule has 215 valence electrons. The van der Waals surface area contributed by atoms with Crippen LogP contribution in [0.25, 0.3) is 11.1 Å². The summed E-state index contributed by atoms with van der Waals surface area (Å²) in [6.45, 7) is 2.27. The molecule has 39 heavy (non-hydrogen) atoms. The topological polar surface area (TPSA) is 9.23 Å². The van der Waals surface area contributed by atoms with Gasteiger partial charge in [-0.3, -0.25) is 0 Å². The molecule has 0 N–H and O–H groups in total. The molecule has 2 aromatic carbocycles. The van der Waals surface area contributed by atoms with Crippen molar-refractivity contribution in [2.45, 2.75) is 108 Å². The Hall–Kier alpha value is -1.96. The molecule has 1 saturated heterocycles. The van der Waals surface area contributed by atoms with E-state index in [1.165, 1.54) is 75.2 Å². The van der Waals surface area contributed by atoms with Crippen molar-refractivity contribution in [2.75, 3.05) is 0 Å². The average molecular weight is 570 g/mol. The van der Waals surface area contributed by atoms with Gasteiger partial charge < -0.3 is 4.74 Å². The van der Waals surface area contributed by atoms with Gasteiger partial charge in [-0.2, -0.15) is 0 Å². The van der Waals surface area contributed by atoms with Gasteiger partial charge in [0.2, 0.25) is 0 Å². The van der Waals surface area contributed by atoms with E-state index in [-0.39, 0.29) is 20.3 Å². The number of hydrogen-bond acceptors (Lipinski definition) is 1. The second kappa shape index (κ2) is 13.6. The Bertz CT molecular complexity index is 1050. The lowest BCUT2D eigenvalue weighted by Crippen LogP contribution is -2.22. The first-order chi connectivity index (χ1) is 18.6. The predicted molar refractivity (Wildman–Crippen MR) is 145 cm³/mol. The van der Waals surface area contributed by atoms with Crippen molar-refractivity contribution in [3.8, 4) is 16.9 Å². The molecule has 1 aliphatic heterocycles. The van der Waals surface area contributed by atoms with Crippen molar-refractivity contribution in [1.29, 1.82) is 0 Å². The van der Waals surface area contributed by atoms with Crippen LogP contribution in [-0.4, -0.2) is 15.2 Å². The molecule has 8 heteroatoms. The zero-order valence-corrected chi connectivity index (χ0v) is 23.7. The third-order valence-electron chi connectivity index (χ3n) is 8.76. The minimum absolute atomic E-state index is 0.0709. The lowest BCUT2D eigenvalue weighted by molar-refractivity contribution is -0.275. The molecule has 0 aromatic heterocycles. The first kappa shape index (κ1) is 30.0. The monoisotopic (exact) mass is 569 g/mol. The highest BCUT2D eigenvalue weighted by molar-refractivity contribution is 6.58. The smallest absolute Gasteiger partial charge is 0.403 e. The number of alkyl halides is 3. The summed E-state index contributed by atoms with van der Waals surface area (Å²) in [6.07, 6.45) is 8.28. The fourth-order valence-electron chi connectivity index (χ4n) is 6.47. The third kappa shape index (κ3) is 8.51. The standard InChI is InChI=1S/C31H39F6OSi/c1-2-3-4-15-39-16-13-22(14-17-39)6-5-21-7-9-23(10-8-21)25-19-27(33)30(28(34)20-25)24-11-12-29(26(32)18-24)38-31(35,36)37/h11-12,18-23H,2-10,13-17H2,1H3. The van der Waals surface area contributed by atoms with Crippen LogP contribution in [0.15, 0.2) is 30.3 Å². The largest absolute Gasteiger partial charge is 0.573 e. The minimum atomic E-state index is -5.06. The molecule has 1 saturated carbocycles. The highest BCUT2D eigenvalue weighted by Crippen LogP contribution is 2.41. The molecule has 1 aliphatic carbocycles. The van der Waals surface area contributed by atoms with Gasteiger partial charge in [0.25, 0.3) is 0 Å². The van der Waals surface area contributed by atoms with Crippen molar-refractivity contribution in [3.63, 3.8) is 0 Å². The Morgan fingerprint density at radius 2 is 1.41 bits per heavy atom. The fourth-order valence-corrected chi connectivity index (χ4v) is 9.61. The van der Waals surface area contributed by atoms with E-state index in [2.05, 4.69) is 11.7 Å². The molecule has 1 radical (unpaired) electrons. The van der Waals surface area contributed by atoms with Crippen LogP contribution in [0, 0.1) is 29.3 Å². The van der Waals surface area contributed by atoms with Gasteiger partial charge in [-0.1, -0.05) is 76.1 Å². The van der Waals surface area contributed by atoms with Crippen LogP contribution in [0.4, 0.5) is 26.3 Å². The van der Waals surface area contributed by atoms with Gasteiger partial charge in [-0.15, -0.1) is 13.2 Å². The molecule has 0 atom stereocenters. The second-order valence-electron chi connectivity index (χ2n) is 11.5. The van der Waals surface area contributed by atoms with Crippen LogP contribution < -0.4 is 4.74 Å². The molecule has 1 heterocycles. The fraction of sp³-hybridized carbons (Fsp3) is 0.613.